The van der Waals surface area contributed by atoms with Gasteiger partial charge in [0.15, 0.2) is 0 Å². The minimum Gasteiger partial charge on any atom is -0.778 e. The van der Waals surface area contributed by atoms with Crippen molar-refractivity contribution in [1.29, 1.82) is 0 Å². The predicted molar refractivity (Wildman–Crippen MR) is 532 cm³/mol. The molecule has 719 valence electrons. The van der Waals surface area contributed by atoms with Gasteiger partial charge in [-0.2, -0.15) is 0 Å². The summed E-state index contributed by atoms with van der Waals surface area (Å²) in [7, 11) is -10.9. The zero-order valence-electron chi connectivity index (χ0n) is 81.9. The Kier molecular flexibility index (Phi) is 117. The topological polar surface area (TPSA) is 148 Å². The maximum absolute atomic E-state index is 12.1. The first kappa shape index (κ1) is 127. The molecule has 13 heteroatoms. The van der Waals surface area contributed by atoms with Crippen LogP contribution in [0.5, 0.6) is 0 Å². The minimum atomic E-state index is -3.64. The maximum atomic E-state index is 12.1. The molecule has 1 radical (unpaired) electrons. The fourth-order valence-corrected chi connectivity index (χ4v) is 19.0. The van der Waals surface area contributed by atoms with Crippen LogP contribution in [-0.4, -0.2) is 38.3 Å². The van der Waals surface area contributed by atoms with Crippen LogP contribution < -0.4 is 14.7 Å². The van der Waals surface area contributed by atoms with E-state index in [0.717, 1.165) is 96.3 Å². The molecule has 0 aromatic heterocycles. The van der Waals surface area contributed by atoms with Crippen LogP contribution in [0.15, 0.2) is 72.9 Å². The van der Waals surface area contributed by atoms with Crippen molar-refractivity contribution in [1.82, 2.24) is 0 Å². The van der Waals surface area contributed by atoms with Gasteiger partial charge in [-0.15, -0.1) is 0 Å². The molecule has 0 amide bonds. The molecule has 121 heavy (non-hydrogen) atoms. The molecule has 0 heterocycles. The summed E-state index contributed by atoms with van der Waals surface area (Å²) in [5.41, 5.74) is 0. The Morgan fingerprint density at radius 2 is 0.256 bits per heavy atom. The Balaban J connectivity index is -0.000000845. The predicted octanol–water partition coefficient (Wildman–Crippen LogP) is 37.9. The standard InChI is InChI=1S/3C36H71O3P.Fe/c3*1-3-5-7-9-11-13-15-17-19-21-23-25-27-29-31-33-35-39-40(37,38)36-34-32-30-28-26-24-22-20-18-16-14-12-10-8-6-4-2;/h3*17-20H,3-16,21-36H2,1-2H3,(H,37,38);/q;;;+3/p-3. The fraction of sp³-hybridized carbons (Fsp3) is 0.889. The maximum Gasteiger partial charge on any atom is 3.00 e. The zero-order chi connectivity index (χ0) is 87.7. The van der Waals surface area contributed by atoms with Crippen LogP contribution in [0.2, 0.25) is 0 Å². The summed E-state index contributed by atoms with van der Waals surface area (Å²) in [5, 5.41) is 0. The van der Waals surface area contributed by atoms with Gasteiger partial charge in [-0.3, -0.25) is 0 Å². The molecule has 0 bridgehead atoms. The molecule has 0 saturated heterocycles. The van der Waals surface area contributed by atoms with Crippen molar-refractivity contribution in [3.63, 3.8) is 0 Å². The third kappa shape index (κ3) is 121. The smallest absolute Gasteiger partial charge is 0.778 e. The molecule has 0 saturated carbocycles. The van der Waals surface area contributed by atoms with Crippen molar-refractivity contribution in [2.24, 2.45) is 0 Å². The quantitative estimate of drug-likeness (QED) is 0.0251. The van der Waals surface area contributed by atoms with E-state index in [-0.39, 0.29) is 35.6 Å². The molecule has 0 aliphatic carbocycles. The van der Waals surface area contributed by atoms with E-state index in [0.29, 0.717) is 19.8 Å². The van der Waals surface area contributed by atoms with Crippen molar-refractivity contribution in [2.75, 3.05) is 38.3 Å². The summed E-state index contributed by atoms with van der Waals surface area (Å²) in [4.78, 5) is 36.4. The average Bonchev–Trinajstić information content (AvgIpc) is 0.951. The molecule has 0 aromatic carbocycles. The number of allylic oxidation sites excluding steroid dienone is 12. The van der Waals surface area contributed by atoms with Crippen LogP contribution in [0.25, 0.3) is 0 Å². The first-order chi connectivity index (χ1) is 58.9. The second-order valence-corrected chi connectivity index (χ2v) is 41.9. The van der Waals surface area contributed by atoms with Crippen LogP contribution in [-0.2, 0) is 44.3 Å². The summed E-state index contributed by atoms with van der Waals surface area (Å²) < 4.78 is 52.2. The largest absolute Gasteiger partial charge is 3.00 e. The summed E-state index contributed by atoms with van der Waals surface area (Å²) in [6.07, 6.45) is 134. The third-order valence-corrected chi connectivity index (χ3v) is 28.0. The molecule has 0 spiro atoms. The summed E-state index contributed by atoms with van der Waals surface area (Å²) in [6.45, 7) is 14.7. The Bertz CT molecular complexity index is 2010. The Hall–Kier alpha value is -0.591. The molecular weight excluding hydrogens is 1590 g/mol. The third-order valence-electron chi connectivity index (χ3n) is 23.7. The number of rotatable bonds is 99. The van der Waals surface area contributed by atoms with Gasteiger partial charge in [0.25, 0.3) is 0 Å². The Morgan fingerprint density at radius 1 is 0.157 bits per heavy atom. The molecule has 9 nitrogen and oxygen atoms in total. The molecule has 3 atom stereocenters. The summed E-state index contributed by atoms with van der Waals surface area (Å²) in [5.74, 6) is 0. The van der Waals surface area contributed by atoms with Crippen LogP contribution in [0.4, 0.5) is 0 Å². The second-order valence-electron chi connectivity index (χ2n) is 36.1. The van der Waals surface area contributed by atoms with Crippen molar-refractivity contribution in [2.45, 2.75) is 581 Å². The van der Waals surface area contributed by atoms with Gasteiger partial charge in [0.2, 0.25) is 0 Å². The molecule has 3 unspecified atom stereocenters. The van der Waals surface area contributed by atoms with E-state index in [1.54, 1.807) is 0 Å². The van der Waals surface area contributed by atoms with Gasteiger partial charge in [-0.05, 0) is 193 Å². The van der Waals surface area contributed by atoms with E-state index in [1.165, 1.54) is 443 Å². The molecule has 0 rings (SSSR count). The van der Waals surface area contributed by atoms with Crippen molar-refractivity contribution in [3.05, 3.63) is 72.9 Å². The molecule has 0 fully saturated rings. The number of hydrogen-bond acceptors (Lipinski definition) is 9. The van der Waals surface area contributed by atoms with Crippen molar-refractivity contribution >= 4 is 22.8 Å². The van der Waals surface area contributed by atoms with Gasteiger partial charge < -0.3 is 41.9 Å². The van der Waals surface area contributed by atoms with Gasteiger partial charge in [-0.1, -0.05) is 461 Å². The first-order valence-electron chi connectivity index (χ1n) is 53.6. The van der Waals surface area contributed by atoms with E-state index >= 15 is 0 Å². The Labute approximate surface area is 768 Å². The monoisotopic (exact) mass is 1800 g/mol. The van der Waals surface area contributed by atoms with Gasteiger partial charge in [0, 0.05) is 18.5 Å². The van der Waals surface area contributed by atoms with Crippen LogP contribution in [0.1, 0.15) is 581 Å². The van der Waals surface area contributed by atoms with E-state index < -0.39 is 22.8 Å². The second kappa shape index (κ2) is 112. The molecule has 0 aromatic rings. The van der Waals surface area contributed by atoms with Gasteiger partial charge in [-0.25, -0.2) is 0 Å². The van der Waals surface area contributed by atoms with Crippen LogP contribution in [0.3, 0.4) is 0 Å². The zero-order valence-corrected chi connectivity index (χ0v) is 85.7. The molecule has 0 aliphatic heterocycles. The van der Waals surface area contributed by atoms with Crippen LogP contribution >= 0.6 is 22.8 Å². The summed E-state index contributed by atoms with van der Waals surface area (Å²) in [6, 6.07) is 0. The van der Waals surface area contributed by atoms with Crippen molar-refractivity contribution in [3.8, 4) is 0 Å². The van der Waals surface area contributed by atoms with E-state index in [1.807, 2.05) is 0 Å². The fourth-order valence-electron chi connectivity index (χ4n) is 15.5. The average molecular weight is 1800 g/mol. The number of hydrogen-bond donors (Lipinski definition) is 0. The normalized spacial score (nSPS) is 13.5. The van der Waals surface area contributed by atoms with Gasteiger partial charge in [0.05, 0.1) is 19.8 Å². The first-order valence-corrected chi connectivity index (χ1v) is 58.8. The van der Waals surface area contributed by atoms with E-state index in [4.69, 9.17) is 13.6 Å². The minimum absolute atomic E-state index is 0. The van der Waals surface area contributed by atoms with Gasteiger partial charge in [0.1, 0.15) is 22.8 Å². The van der Waals surface area contributed by atoms with E-state index in [9.17, 15) is 28.4 Å². The SMILES string of the molecule is CCCCCCCCC=CCCCCCCCCOP(=O)([O-])CCCCCCCCC=CCCCCCCCC.CCCCCCCCC=CCCCCCCCCOP(=O)([O-])CCCCCCCCC=CCCCCCCCC.CCCCCCCCC=CCCCCCCCCOP(=O)([O-])CCCCCCCCC=CCCCCCCCC.[Fe+3]. The Morgan fingerprint density at radius 3 is 0.380 bits per heavy atom. The van der Waals surface area contributed by atoms with E-state index in [2.05, 4.69) is 114 Å². The van der Waals surface area contributed by atoms with Crippen LogP contribution in [0, 0.1) is 0 Å². The molecule has 0 N–H and O–H groups in total. The van der Waals surface area contributed by atoms with Gasteiger partial charge >= 0.3 is 17.1 Å². The number of unbranched alkanes of at least 4 members (excludes halogenated alkanes) is 72. The molecule has 0 aliphatic rings. The molecular formula is C108H210FeO9P3. The summed E-state index contributed by atoms with van der Waals surface area (Å²) >= 11 is 0. The van der Waals surface area contributed by atoms with Crippen molar-refractivity contribution < 1.29 is 59.0 Å².